The molecule has 1 heteroatoms. The summed E-state index contributed by atoms with van der Waals surface area (Å²) in [6.07, 6.45) is 1.01. The number of fused-ring (bicyclic) bond motifs is 1. The standard InChI is InChI=1S/C27H36N/c1-18-10-12-22(27(6,7)8)16-24(18)25-23-13-11-20(17-26(3,4)5)15-21(23)14-19(2)28(25)9/h10-16H,17H2,1-9H3/q+1/i14D. The Kier molecular flexibility index (Phi) is 4.81. The van der Waals surface area contributed by atoms with Crippen LogP contribution in [0.25, 0.3) is 22.0 Å². The first-order valence-corrected chi connectivity index (χ1v) is 10.3. The van der Waals surface area contributed by atoms with Gasteiger partial charge in [-0.3, -0.25) is 0 Å². The van der Waals surface area contributed by atoms with Gasteiger partial charge in [0.2, 0.25) is 5.69 Å². The molecular formula is C27H36N+. The minimum Gasteiger partial charge on any atom is -0.198 e. The van der Waals surface area contributed by atoms with Gasteiger partial charge in [0.1, 0.15) is 7.05 Å². The minimum absolute atomic E-state index is 0.0983. The third-order valence-corrected chi connectivity index (χ3v) is 5.59. The van der Waals surface area contributed by atoms with Crippen molar-refractivity contribution in [3.63, 3.8) is 0 Å². The van der Waals surface area contributed by atoms with E-state index in [4.69, 9.17) is 1.37 Å². The zero-order valence-electron chi connectivity index (χ0n) is 20.1. The lowest BCUT2D eigenvalue weighted by atomic mass is 9.84. The van der Waals surface area contributed by atoms with Crippen LogP contribution < -0.4 is 4.57 Å². The lowest BCUT2D eigenvalue weighted by Crippen LogP contribution is -2.35. The SMILES string of the molecule is [2H]c1c(C)[n+](C)c(-c2cc(C(C)(C)C)ccc2C)c2ccc(CC(C)(C)C)cc12. The minimum atomic E-state index is 0.0983. The van der Waals surface area contributed by atoms with Crippen molar-refractivity contribution in [2.45, 2.75) is 67.2 Å². The van der Waals surface area contributed by atoms with Crippen LogP contribution in [0, 0.1) is 19.3 Å². The fraction of sp³-hybridized carbons (Fsp3) is 0.444. The van der Waals surface area contributed by atoms with E-state index in [1.165, 1.54) is 27.9 Å². The largest absolute Gasteiger partial charge is 0.220 e. The summed E-state index contributed by atoms with van der Waals surface area (Å²) in [6, 6.07) is 14.2. The highest BCUT2D eigenvalue weighted by molar-refractivity contribution is 5.94. The summed E-state index contributed by atoms with van der Waals surface area (Å²) in [5, 5.41) is 2.22. The number of hydrogen-bond acceptors (Lipinski definition) is 0. The number of aryl methyl sites for hydroxylation is 1. The molecule has 0 saturated carbocycles. The number of nitrogens with zero attached hydrogens (tertiary/aromatic N) is 1. The van der Waals surface area contributed by atoms with Gasteiger partial charge in [0.25, 0.3) is 0 Å². The topological polar surface area (TPSA) is 3.88 Å². The molecule has 2 aromatic carbocycles. The van der Waals surface area contributed by atoms with Gasteiger partial charge in [-0.05, 0) is 58.4 Å². The second kappa shape index (κ2) is 7.03. The maximum Gasteiger partial charge on any atom is 0.220 e. The molecule has 1 nitrogen and oxygen atoms in total. The molecule has 3 rings (SSSR count). The van der Waals surface area contributed by atoms with Crippen LogP contribution in [0.4, 0.5) is 0 Å². The molecule has 0 unspecified atom stereocenters. The smallest absolute Gasteiger partial charge is 0.198 e. The zero-order chi connectivity index (χ0) is 21.7. The van der Waals surface area contributed by atoms with Crippen LogP contribution in [-0.4, -0.2) is 0 Å². The highest BCUT2D eigenvalue weighted by Crippen LogP contribution is 2.33. The third kappa shape index (κ3) is 4.14. The fourth-order valence-electron chi connectivity index (χ4n) is 3.92. The summed E-state index contributed by atoms with van der Waals surface area (Å²) in [6.45, 7) is 17.8. The summed E-state index contributed by atoms with van der Waals surface area (Å²) in [5.41, 5.74) is 7.70. The molecule has 0 spiro atoms. The third-order valence-electron chi connectivity index (χ3n) is 5.59. The van der Waals surface area contributed by atoms with Gasteiger partial charge in [-0.1, -0.05) is 65.8 Å². The van der Waals surface area contributed by atoms with Gasteiger partial charge >= 0.3 is 0 Å². The molecule has 0 N–H and O–H groups in total. The molecule has 0 aliphatic carbocycles. The highest BCUT2D eigenvalue weighted by atomic mass is 14.9. The Bertz CT molecular complexity index is 1080. The predicted octanol–water partition coefficient (Wildman–Crippen LogP) is 6.83. The fourth-order valence-corrected chi connectivity index (χ4v) is 3.92. The Morgan fingerprint density at radius 1 is 0.929 bits per heavy atom. The van der Waals surface area contributed by atoms with Crippen molar-refractivity contribution in [1.29, 1.82) is 0 Å². The molecule has 0 aliphatic rings. The molecule has 0 amide bonds. The molecule has 1 aromatic heterocycles. The highest BCUT2D eigenvalue weighted by Gasteiger charge is 2.23. The number of pyridine rings is 1. The second-order valence-electron chi connectivity index (χ2n) is 10.5. The molecule has 3 aromatic rings. The number of hydrogen-bond donors (Lipinski definition) is 0. The van der Waals surface area contributed by atoms with E-state index in [0.717, 1.165) is 22.9 Å². The summed E-state index contributed by atoms with van der Waals surface area (Å²) in [5.74, 6) is 0. The first-order valence-electron chi connectivity index (χ1n) is 10.8. The molecule has 28 heavy (non-hydrogen) atoms. The number of aromatic nitrogens is 1. The molecule has 148 valence electrons. The molecule has 1 heterocycles. The van der Waals surface area contributed by atoms with Crippen LogP contribution in [0.15, 0.2) is 42.4 Å². The average Bonchev–Trinajstić information content (AvgIpc) is 2.59. The van der Waals surface area contributed by atoms with E-state index in [2.05, 4.69) is 103 Å². The van der Waals surface area contributed by atoms with Crippen molar-refractivity contribution in [2.75, 3.05) is 0 Å². The van der Waals surface area contributed by atoms with Crippen LogP contribution in [0.2, 0.25) is 0 Å². The van der Waals surface area contributed by atoms with Crippen LogP contribution in [0.1, 0.15) is 65.3 Å². The molecule has 0 atom stereocenters. The van der Waals surface area contributed by atoms with Gasteiger partial charge in [-0.2, -0.15) is 4.57 Å². The van der Waals surface area contributed by atoms with E-state index in [0.29, 0.717) is 6.04 Å². The van der Waals surface area contributed by atoms with Crippen molar-refractivity contribution < 1.29 is 5.94 Å². The van der Waals surface area contributed by atoms with E-state index < -0.39 is 0 Å². The summed E-state index contributed by atoms with van der Waals surface area (Å²) in [4.78, 5) is 0. The van der Waals surface area contributed by atoms with Gasteiger partial charge in [-0.25, -0.2) is 0 Å². The lowest BCUT2D eigenvalue weighted by Gasteiger charge is -2.21. The normalized spacial score (nSPS) is 13.1. The summed E-state index contributed by atoms with van der Waals surface area (Å²) in [7, 11) is 2.09. The monoisotopic (exact) mass is 375 g/mol. The molecular weight excluding hydrogens is 338 g/mol. The molecule has 0 radical (unpaired) electrons. The van der Waals surface area contributed by atoms with Crippen LogP contribution in [0.3, 0.4) is 0 Å². The maximum absolute atomic E-state index is 8.79. The van der Waals surface area contributed by atoms with E-state index >= 15 is 0 Å². The van der Waals surface area contributed by atoms with E-state index in [9.17, 15) is 0 Å². The van der Waals surface area contributed by atoms with E-state index in [1.54, 1.807) is 0 Å². The van der Waals surface area contributed by atoms with Crippen LogP contribution >= 0.6 is 0 Å². The van der Waals surface area contributed by atoms with Crippen molar-refractivity contribution in [3.8, 4) is 11.3 Å². The van der Waals surface area contributed by atoms with Gasteiger partial charge in [0.05, 0.1) is 12.3 Å². The van der Waals surface area contributed by atoms with Gasteiger partial charge in [0, 0.05) is 13.0 Å². The van der Waals surface area contributed by atoms with Crippen molar-refractivity contribution in [2.24, 2.45) is 12.5 Å². The summed E-state index contributed by atoms with van der Waals surface area (Å²) < 4.78 is 11.0. The van der Waals surface area contributed by atoms with Gasteiger partial charge in [-0.15, -0.1) is 0 Å². The first-order chi connectivity index (χ1) is 13.3. The molecule has 0 aliphatic heterocycles. The Labute approximate surface area is 172 Å². The quantitative estimate of drug-likeness (QED) is 0.432. The van der Waals surface area contributed by atoms with Crippen LogP contribution in [-0.2, 0) is 18.9 Å². The Balaban J connectivity index is 2.34. The average molecular weight is 376 g/mol. The first kappa shape index (κ1) is 19.2. The molecule has 0 saturated heterocycles. The maximum atomic E-state index is 8.79. The second-order valence-corrected chi connectivity index (χ2v) is 10.5. The Morgan fingerprint density at radius 2 is 1.61 bits per heavy atom. The Morgan fingerprint density at radius 3 is 2.21 bits per heavy atom. The van der Waals surface area contributed by atoms with Crippen molar-refractivity contribution in [3.05, 3.63) is 64.8 Å². The predicted molar refractivity (Wildman–Crippen MR) is 122 cm³/mol. The van der Waals surface area contributed by atoms with Crippen LogP contribution in [0.5, 0.6) is 0 Å². The van der Waals surface area contributed by atoms with Gasteiger partial charge in [0.15, 0.2) is 5.69 Å². The Hall–Kier alpha value is -2.15. The van der Waals surface area contributed by atoms with Crippen molar-refractivity contribution in [1.82, 2.24) is 0 Å². The lowest BCUT2D eigenvalue weighted by molar-refractivity contribution is -0.665. The van der Waals surface area contributed by atoms with E-state index in [1.807, 2.05) is 0 Å². The van der Waals surface area contributed by atoms with Gasteiger partial charge < -0.3 is 0 Å². The summed E-state index contributed by atoms with van der Waals surface area (Å²) >= 11 is 0. The number of rotatable bonds is 2. The number of benzene rings is 2. The molecule has 0 bridgehead atoms. The van der Waals surface area contributed by atoms with Crippen molar-refractivity contribution >= 4 is 10.8 Å². The van der Waals surface area contributed by atoms with E-state index in [-0.39, 0.29) is 10.8 Å². The zero-order valence-corrected chi connectivity index (χ0v) is 19.1. The molecule has 0 fully saturated rings.